The van der Waals surface area contributed by atoms with Gasteiger partial charge in [-0.3, -0.25) is 4.79 Å². The summed E-state index contributed by atoms with van der Waals surface area (Å²) in [4.78, 5) is 14.5. The van der Waals surface area contributed by atoms with Crippen molar-refractivity contribution in [2.75, 3.05) is 18.0 Å². The van der Waals surface area contributed by atoms with E-state index in [-0.39, 0.29) is 5.56 Å². The van der Waals surface area contributed by atoms with E-state index in [1.54, 1.807) is 22.1 Å². The molecule has 1 saturated heterocycles. The minimum absolute atomic E-state index is 0.0628. The molecule has 2 aromatic rings. The average molecular weight is 331 g/mol. The largest absolute Gasteiger partial charge is 0.347 e. The van der Waals surface area contributed by atoms with Crippen molar-refractivity contribution in [3.05, 3.63) is 32.7 Å². The maximum atomic E-state index is 12.2. The third kappa shape index (κ3) is 3.02. The summed E-state index contributed by atoms with van der Waals surface area (Å²) in [5.41, 5.74) is 2.35. The number of aromatic nitrogens is 4. The molecule has 122 valence electrons. The zero-order valence-corrected chi connectivity index (χ0v) is 14.2. The van der Waals surface area contributed by atoms with Crippen molar-refractivity contribution in [2.45, 2.75) is 45.6 Å². The minimum Gasteiger partial charge on any atom is -0.347 e. The van der Waals surface area contributed by atoms with Gasteiger partial charge >= 0.3 is 0 Å². The first-order chi connectivity index (χ1) is 11.2. The first kappa shape index (κ1) is 14.8. The summed E-state index contributed by atoms with van der Waals surface area (Å²) in [7, 11) is 0. The molecule has 1 aliphatic carbocycles. The van der Waals surface area contributed by atoms with Gasteiger partial charge in [0.15, 0.2) is 0 Å². The normalized spacial score (nSPS) is 18.4. The molecule has 0 saturated carbocycles. The Bertz CT molecular complexity index is 760. The van der Waals surface area contributed by atoms with Crippen LogP contribution in [0.15, 0.2) is 10.9 Å². The van der Waals surface area contributed by atoms with Gasteiger partial charge in [0.1, 0.15) is 5.01 Å². The van der Waals surface area contributed by atoms with Crippen LogP contribution in [0.2, 0.25) is 0 Å². The molecule has 3 heterocycles. The summed E-state index contributed by atoms with van der Waals surface area (Å²) < 4.78 is 1.69. The Morgan fingerprint density at radius 1 is 1.26 bits per heavy atom. The minimum atomic E-state index is 0.0628. The third-order valence-electron chi connectivity index (χ3n) is 4.86. The zero-order chi connectivity index (χ0) is 15.8. The highest BCUT2D eigenvalue weighted by atomic mass is 32.1. The van der Waals surface area contributed by atoms with Gasteiger partial charge in [0.25, 0.3) is 5.56 Å². The first-order valence-electron chi connectivity index (χ1n) is 8.34. The maximum Gasteiger partial charge on any atom is 0.267 e. The van der Waals surface area contributed by atoms with Gasteiger partial charge in [0.05, 0.1) is 5.69 Å². The van der Waals surface area contributed by atoms with Gasteiger partial charge in [0, 0.05) is 25.7 Å². The molecule has 1 aliphatic heterocycles. The summed E-state index contributed by atoms with van der Waals surface area (Å²) in [6, 6.07) is 1.80. The number of nitrogens with zero attached hydrogens (tertiary/aromatic N) is 5. The summed E-state index contributed by atoms with van der Waals surface area (Å²) in [5, 5.41) is 15.0. The second-order valence-electron chi connectivity index (χ2n) is 6.52. The highest BCUT2D eigenvalue weighted by molar-refractivity contribution is 7.15. The van der Waals surface area contributed by atoms with E-state index in [1.165, 1.54) is 0 Å². The van der Waals surface area contributed by atoms with Gasteiger partial charge in [-0.05, 0) is 50.5 Å². The van der Waals surface area contributed by atoms with E-state index in [4.69, 9.17) is 0 Å². The van der Waals surface area contributed by atoms with E-state index < -0.39 is 0 Å². The Labute approximate surface area is 139 Å². The van der Waals surface area contributed by atoms with Crippen LogP contribution >= 0.6 is 11.3 Å². The predicted molar refractivity (Wildman–Crippen MR) is 90.1 cm³/mol. The van der Waals surface area contributed by atoms with E-state index in [1.807, 2.05) is 6.92 Å². The van der Waals surface area contributed by atoms with E-state index in [0.29, 0.717) is 5.92 Å². The number of aryl methyl sites for hydroxylation is 3. The molecule has 0 spiro atoms. The van der Waals surface area contributed by atoms with Crippen LogP contribution in [0.3, 0.4) is 0 Å². The lowest BCUT2D eigenvalue weighted by Crippen LogP contribution is -2.37. The molecule has 4 rings (SSSR count). The summed E-state index contributed by atoms with van der Waals surface area (Å²) in [6.45, 7) is 4.70. The highest BCUT2D eigenvalue weighted by Gasteiger charge is 2.23. The third-order valence-corrected chi connectivity index (χ3v) is 5.75. The molecule has 0 aromatic carbocycles. The summed E-state index contributed by atoms with van der Waals surface area (Å²) >= 11 is 1.65. The molecule has 0 bridgehead atoms. The van der Waals surface area contributed by atoms with Crippen LogP contribution in [0, 0.1) is 12.8 Å². The monoisotopic (exact) mass is 331 g/mol. The summed E-state index contributed by atoms with van der Waals surface area (Å²) in [6.07, 6.45) is 5.31. The van der Waals surface area contributed by atoms with Crippen LogP contribution in [0.5, 0.6) is 0 Å². The number of hydrogen-bond acceptors (Lipinski definition) is 6. The van der Waals surface area contributed by atoms with Crippen molar-refractivity contribution in [3.8, 4) is 0 Å². The lowest BCUT2D eigenvalue weighted by atomic mass is 9.97. The zero-order valence-electron chi connectivity index (χ0n) is 13.4. The van der Waals surface area contributed by atoms with Crippen LogP contribution in [-0.2, 0) is 19.4 Å². The van der Waals surface area contributed by atoms with Crippen molar-refractivity contribution < 1.29 is 0 Å². The molecular weight excluding hydrogens is 310 g/mol. The fraction of sp³-hybridized carbons (Fsp3) is 0.625. The van der Waals surface area contributed by atoms with E-state index in [2.05, 4.69) is 20.2 Å². The second kappa shape index (κ2) is 6.03. The lowest BCUT2D eigenvalue weighted by Gasteiger charge is -2.31. The Morgan fingerprint density at radius 3 is 2.83 bits per heavy atom. The molecule has 0 radical (unpaired) electrons. The molecule has 2 aliphatic rings. The number of anilines is 1. The Kier molecular flexibility index (Phi) is 3.88. The van der Waals surface area contributed by atoms with Gasteiger partial charge < -0.3 is 4.90 Å². The SMILES string of the molecule is Cc1nnc(N2CCC(Cn3nc4c(cc3=O)CCC4)CC2)s1. The summed E-state index contributed by atoms with van der Waals surface area (Å²) in [5.74, 6) is 0.518. The number of rotatable bonds is 3. The number of piperidine rings is 1. The van der Waals surface area contributed by atoms with Crippen LogP contribution in [-0.4, -0.2) is 33.1 Å². The van der Waals surface area contributed by atoms with Crippen molar-refractivity contribution in [3.63, 3.8) is 0 Å². The molecule has 7 heteroatoms. The fourth-order valence-corrected chi connectivity index (χ4v) is 4.27. The Morgan fingerprint density at radius 2 is 2.09 bits per heavy atom. The van der Waals surface area contributed by atoms with Gasteiger partial charge in [-0.2, -0.15) is 5.10 Å². The standard InChI is InChI=1S/C16H21N5OS/c1-11-17-18-16(23-11)20-7-5-12(6-8-20)10-21-15(22)9-13-3-2-4-14(13)19-21/h9,12H,2-8,10H2,1H3. The smallest absolute Gasteiger partial charge is 0.267 e. The van der Waals surface area contributed by atoms with E-state index >= 15 is 0 Å². The fourth-order valence-electron chi connectivity index (χ4n) is 3.54. The van der Waals surface area contributed by atoms with E-state index in [0.717, 1.165) is 73.1 Å². The lowest BCUT2D eigenvalue weighted by molar-refractivity contribution is 0.333. The Hall–Kier alpha value is -1.76. The maximum absolute atomic E-state index is 12.2. The molecular formula is C16H21N5OS. The quantitative estimate of drug-likeness (QED) is 0.858. The predicted octanol–water partition coefficient (Wildman–Crippen LogP) is 1.81. The highest BCUT2D eigenvalue weighted by Crippen LogP contribution is 2.26. The average Bonchev–Trinajstić information content (AvgIpc) is 3.17. The topological polar surface area (TPSA) is 63.9 Å². The Balaban J connectivity index is 1.41. The van der Waals surface area contributed by atoms with Crippen molar-refractivity contribution in [1.29, 1.82) is 0 Å². The van der Waals surface area contributed by atoms with Gasteiger partial charge in [-0.25, -0.2) is 4.68 Å². The van der Waals surface area contributed by atoms with Crippen LogP contribution < -0.4 is 10.5 Å². The second-order valence-corrected chi connectivity index (χ2v) is 7.68. The molecule has 0 atom stereocenters. The molecule has 1 fully saturated rings. The van der Waals surface area contributed by atoms with Crippen molar-refractivity contribution >= 4 is 16.5 Å². The van der Waals surface area contributed by atoms with Crippen LogP contribution in [0.4, 0.5) is 5.13 Å². The van der Waals surface area contributed by atoms with Crippen LogP contribution in [0.25, 0.3) is 0 Å². The van der Waals surface area contributed by atoms with Crippen molar-refractivity contribution in [1.82, 2.24) is 20.0 Å². The van der Waals surface area contributed by atoms with Gasteiger partial charge in [0.2, 0.25) is 5.13 Å². The van der Waals surface area contributed by atoms with Crippen LogP contribution in [0.1, 0.15) is 35.5 Å². The van der Waals surface area contributed by atoms with E-state index in [9.17, 15) is 4.79 Å². The number of hydrogen-bond donors (Lipinski definition) is 0. The molecule has 2 aromatic heterocycles. The molecule has 6 nitrogen and oxygen atoms in total. The van der Waals surface area contributed by atoms with Gasteiger partial charge in [-0.1, -0.05) is 11.3 Å². The molecule has 0 N–H and O–H groups in total. The van der Waals surface area contributed by atoms with Crippen molar-refractivity contribution in [2.24, 2.45) is 5.92 Å². The molecule has 0 amide bonds. The first-order valence-corrected chi connectivity index (χ1v) is 9.15. The number of fused-ring (bicyclic) bond motifs is 1. The van der Waals surface area contributed by atoms with Gasteiger partial charge in [-0.15, -0.1) is 10.2 Å². The molecule has 0 unspecified atom stereocenters. The molecule has 23 heavy (non-hydrogen) atoms.